The van der Waals surface area contributed by atoms with Crippen LogP contribution in [0.1, 0.15) is 40.2 Å². The van der Waals surface area contributed by atoms with Gasteiger partial charge < -0.3 is 0 Å². The summed E-state index contributed by atoms with van der Waals surface area (Å²) in [6.45, 7) is 9.07. The Balaban J connectivity index is 2.29. The van der Waals surface area contributed by atoms with Crippen LogP contribution in [0.4, 0.5) is 10.6 Å². The maximum absolute atomic E-state index is 13.2. The van der Waals surface area contributed by atoms with Crippen LogP contribution in [0.5, 0.6) is 0 Å². The summed E-state index contributed by atoms with van der Waals surface area (Å²) in [6, 6.07) is 2.51. The van der Waals surface area contributed by atoms with Gasteiger partial charge in [0.15, 0.2) is 0 Å². The van der Waals surface area contributed by atoms with E-state index in [1.807, 2.05) is 13.8 Å². The van der Waals surface area contributed by atoms with Crippen molar-refractivity contribution in [1.82, 2.24) is 4.98 Å². The molecular weight excluding hydrogens is 399 g/mol. The number of carbonyl (C=O) groups excluding carboxylic acids is 2. The van der Waals surface area contributed by atoms with Gasteiger partial charge in [0.2, 0.25) is 0 Å². The number of hydrogen-bond donors (Lipinski definition) is 1. The second-order valence-corrected chi connectivity index (χ2v) is 10.4. The third-order valence-electron chi connectivity index (χ3n) is 3.95. The number of fused-ring (bicyclic) bond motifs is 1. The average Bonchev–Trinajstić information content (AvgIpc) is 2.89. The summed E-state index contributed by atoms with van der Waals surface area (Å²) in [5.41, 5.74) is 0.115. The SMILES string of the molecule is CC(C)C([AsH]C(=O)OC(C)(C)C)C(=O)N1c2ncccc2CC1C(=O)O. The van der Waals surface area contributed by atoms with Crippen LogP contribution in [-0.4, -0.2) is 54.1 Å². The topological polar surface area (TPSA) is 96.8 Å². The number of ether oxygens (including phenoxy) is 1. The number of carboxylic acids is 1. The number of nitrogens with zero attached hydrogens (tertiary/aromatic N) is 2. The summed E-state index contributed by atoms with van der Waals surface area (Å²) in [7, 11) is 0. The molecule has 1 aromatic rings. The Morgan fingerprint density at radius 3 is 2.54 bits per heavy atom. The van der Waals surface area contributed by atoms with Crippen molar-refractivity contribution in [3.05, 3.63) is 23.9 Å². The van der Waals surface area contributed by atoms with Gasteiger partial charge in [-0.3, -0.25) is 0 Å². The molecule has 142 valence electrons. The molecule has 2 rings (SSSR count). The molecule has 1 N–H and O–H groups in total. The Morgan fingerprint density at radius 1 is 1.35 bits per heavy atom. The van der Waals surface area contributed by atoms with Crippen molar-refractivity contribution < 1.29 is 24.2 Å². The van der Waals surface area contributed by atoms with Gasteiger partial charge in [-0.05, 0) is 0 Å². The van der Waals surface area contributed by atoms with E-state index in [1.165, 1.54) is 11.1 Å². The summed E-state index contributed by atoms with van der Waals surface area (Å²) in [4.78, 5) is 42.7. The molecule has 7 nitrogen and oxygen atoms in total. The molecule has 26 heavy (non-hydrogen) atoms. The molecule has 0 aliphatic carbocycles. The van der Waals surface area contributed by atoms with Crippen LogP contribution in [-0.2, 0) is 20.7 Å². The van der Waals surface area contributed by atoms with E-state index in [-0.39, 0.29) is 23.0 Å². The Labute approximate surface area is 159 Å². The molecule has 2 heterocycles. The fraction of sp³-hybridized carbons (Fsp3) is 0.556. The van der Waals surface area contributed by atoms with Crippen molar-refractivity contribution in [3.63, 3.8) is 0 Å². The summed E-state index contributed by atoms with van der Waals surface area (Å²) in [5, 5.41) is 9.56. The fourth-order valence-corrected chi connectivity index (χ4v) is 5.36. The molecule has 1 aliphatic heterocycles. The molecule has 1 aliphatic rings. The van der Waals surface area contributed by atoms with Crippen molar-refractivity contribution in [1.29, 1.82) is 0 Å². The van der Waals surface area contributed by atoms with E-state index in [1.54, 1.807) is 32.9 Å². The second kappa shape index (κ2) is 7.78. The molecule has 0 spiro atoms. The molecule has 0 fully saturated rings. The quantitative estimate of drug-likeness (QED) is 0.729. The first-order chi connectivity index (χ1) is 12.0. The minimum atomic E-state index is -1.43. The van der Waals surface area contributed by atoms with Gasteiger partial charge in [-0.15, -0.1) is 0 Å². The molecule has 1 amide bonds. The van der Waals surface area contributed by atoms with Gasteiger partial charge in [0.25, 0.3) is 0 Å². The number of hydrogen-bond acceptors (Lipinski definition) is 5. The third-order valence-corrected chi connectivity index (χ3v) is 7.23. The first-order valence-corrected chi connectivity index (χ1v) is 10.8. The zero-order valence-corrected chi connectivity index (χ0v) is 17.7. The van der Waals surface area contributed by atoms with Crippen LogP contribution in [0.25, 0.3) is 0 Å². The number of carbonyl (C=O) groups is 3. The van der Waals surface area contributed by atoms with Crippen LogP contribution < -0.4 is 4.90 Å². The van der Waals surface area contributed by atoms with E-state index >= 15 is 0 Å². The zero-order chi connectivity index (χ0) is 19.6. The zero-order valence-electron chi connectivity index (χ0n) is 15.6. The predicted octanol–water partition coefficient (Wildman–Crippen LogP) is 2.24. The molecule has 0 bridgehead atoms. The second-order valence-electron chi connectivity index (χ2n) is 7.62. The molecular formula is C18H25AsN2O5. The van der Waals surface area contributed by atoms with Crippen LogP contribution in [0.3, 0.4) is 0 Å². The van der Waals surface area contributed by atoms with Crippen molar-refractivity contribution in [2.75, 3.05) is 4.90 Å². The summed E-state index contributed by atoms with van der Waals surface area (Å²) >= 11 is -1.43. The molecule has 3 atom stereocenters. The van der Waals surface area contributed by atoms with E-state index in [0.29, 0.717) is 5.82 Å². The fourth-order valence-electron chi connectivity index (χ4n) is 2.81. The molecule has 0 saturated carbocycles. The number of aliphatic carboxylic acids is 1. The van der Waals surface area contributed by atoms with Gasteiger partial charge in [-0.1, -0.05) is 0 Å². The van der Waals surface area contributed by atoms with Gasteiger partial charge in [-0.25, -0.2) is 0 Å². The van der Waals surface area contributed by atoms with Gasteiger partial charge in [-0.2, -0.15) is 0 Å². The Bertz CT molecular complexity index is 714. The number of amides is 1. The van der Waals surface area contributed by atoms with Crippen LogP contribution in [0.15, 0.2) is 18.3 Å². The van der Waals surface area contributed by atoms with E-state index in [9.17, 15) is 19.5 Å². The van der Waals surface area contributed by atoms with E-state index in [4.69, 9.17) is 4.74 Å². The number of pyridine rings is 1. The van der Waals surface area contributed by atoms with Crippen LogP contribution in [0, 0.1) is 5.92 Å². The minimum absolute atomic E-state index is 0.0998. The van der Waals surface area contributed by atoms with E-state index < -0.39 is 38.1 Å². The van der Waals surface area contributed by atoms with E-state index in [2.05, 4.69) is 4.98 Å². The molecule has 0 aromatic carbocycles. The van der Waals surface area contributed by atoms with Gasteiger partial charge in [0.05, 0.1) is 0 Å². The maximum atomic E-state index is 13.2. The Morgan fingerprint density at radius 2 is 2.00 bits per heavy atom. The Kier molecular flexibility index (Phi) is 6.12. The van der Waals surface area contributed by atoms with Gasteiger partial charge >= 0.3 is 160 Å². The van der Waals surface area contributed by atoms with Gasteiger partial charge in [0, 0.05) is 0 Å². The molecule has 1 aromatic heterocycles. The normalized spacial score (nSPS) is 18.2. The summed E-state index contributed by atoms with van der Waals surface area (Å²) in [6.07, 6.45) is 1.76. The first kappa shape index (κ1) is 20.4. The Hall–Kier alpha value is -1.88. The average molecular weight is 424 g/mol. The number of carboxylic acid groups (broad SMARTS) is 1. The monoisotopic (exact) mass is 424 g/mol. The number of aromatic nitrogens is 1. The van der Waals surface area contributed by atoms with Crippen molar-refractivity contribution in [3.8, 4) is 0 Å². The summed E-state index contributed by atoms with van der Waals surface area (Å²) < 4.78 is 4.48. The van der Waals surface area contributed by atoms with Crippen LogP contribution in [0.2, 0.25) is 4.71 Å². The molecule has 8 heteroatoms. The van der Waals surface area contributed by atoms with Crippen molar-refractivity contribution in [2.24, 2.45) is 5.92 Å². The molecule has 3 unspecified atom stereocenters. The van der Waals surface area contributed by atoms with Crippen molar-refractivity contribution in [2.45, 2.75) is 57.4 Å². The number of anilines is 1. The van der Waals surface area contributed by atoms with E-state index in [0.717, 1.165) is 5.56 Å². The molecule has 0 radical (unpaired) electrons. The third kappa shape index (κ3) is 4.64. The van der Waals surface area contributed by atoms with Crippen LogP contribution >= 0.6 is 0 Å². The summed E-state index contributed by atoms with van der Waals surface area (Å²) in [5.74, 6) is -1.14. The van der Waals surface area contributed by atoms with Crippen molar-refractivity contribution >= 4 is 38.2 Å². The molecule has 0 saturated heterocycles. The predicted molar refractivity (Wildman–Crippen MR) is 98.8 cm³/mol. The standard InChI is InChI=1S/C18H25AsN2O5/c1-10(2)13(19-17(25)26-18(3,4)5)15(22)21-12(16(23)24)9-11-7-6-8-20-14(11)21/h6-8,10,12-13,19H,9H2,1-5H3,(H,23,24). The van der Waals surface area contributed by atoms with Gasteiger partial charge in [0.1, 0.15) is 0 Å². The first-order valence-electron chi connectivity index (χ1n) is 8.50. The number of rotatable bonds is 5.